The Kier molecular flexibility index (Phi) is 4.42. The fraction of sp³-hybridized carbons (Fsp3) is 0.500. The molecule has 2 atom stereocenters. The maximum absolute atomic E-state index is 12.3. The Morgan fingerprint density at radius 2 is 1.90 bits per heavy atom. The third-order valence-corrected chi connectivity index (χ3v) is 4.09. The van der Waals surface area contributed by atoms with Gasteiger partial charge in [-0.2, -0.15) is 0 Å². The highest BCUT2D eigenvalue weighted by Gasteiger charge is 2.37. The van der Waals surface area contributed by atoms with Crippen LogP contribution in [0.1, 0.15) is 25.3 Å². The summed E-state index contributed by atoms with van der Waals surface area (Å²) in [6, 6.07) is 8.62. The first-order valence-corrected chi connectivity index (χ1v) is 7.04. The first-order chi connectivity index (χ1) is 9.50. The molecule has 1 amide bonds. The third kappa shape index (κ3) is 3.38. The van der Waals surface area contributed by atoms with Crippen LogP contribution in [-0.4, -0.2) is 35.0 Å². The predicted octanol–water partition coefficient (Wildman–Crippen LogP) is 2.19. The van der Waals surface area contributed by atoms with Gasteiger partial charge < -0.3 is 10.0 Å². The number of hydrogen-bond donors (Lipinski definition) is 1. The first-order valence-electron chi connectivity index (χ1n) is 7.04. The van der Waals surface area contributed by atoms with E-state index in [-0.39, 0.29) is 11.8 Å². The Hall–Kier alpha value is -1.84. The van der Waals surface area contributed by atoms with Gasteiger partial charge in [0.05, 0.1) is 0 Å². The van der Waals surface area contributed by atoms with E-state index in [2.05, 4.69) is 0 Å². The molecular weight excluding hydrogens is 254 g/mol. The van der Waals surface area contributed by atoms with Crippen molar-refractivity contribution in [2.75, 3.05) is 7.05 Å². The van der Waals surface area contributed by atoms with Crippen molar-refractivity contribution in [1.29, 1.82) is 0 Å². The molecule has 20 heavy (non-hydrogen) atoms. The summed E-state index contributed by atoms with van der Waals surface area (Å²) in [5, 5.41) is 9.40. The van der Waals surface area contributed by atoms with Gasteiger partial charge in [-0.25, -0.2) is 4.79 Å². The lowest BCUT2D eigenvalue weighted by Gasteiger charge is -2.27. The van der Waals surface area contributed by atoms with Crippen molar-refractivity contribution >= 4 is 11.9 Å². The topological polar surface area (TPSA) is 57.6 Å². The van der Waals surface area contributed by atoms with Crippen LogP contribution in [0.15, 0.2) is 30.3 Å². The van der Waals surface area contributed by atoms with Gasteiger partial charge >= 0.3 is 5.97 Å². The van der Waals surface area contributed by atoms with E-state index in [9.17, 15) is 14.7 Å². The van der Waals surface area contributed by atoms with Crippen LogP contribution in [0.4, 0.5) is 0 Å². The summed E-state index contributed by atoms with van der Waals surface area (Å²) in [5.74, 6) is -0.641. The van der Waals surface area contributed by atoms with Crippen LogP contribution in [0, 0.1) is 11.8 Å². The van der Waals surface area contributed by atoms with Crippen molar-refractivity contribution in [3.8, 4) is 0 Å². The molecular formula is C16H21NO3. The van der Waals surface area contributed by atoms with Crippen LogP contribution in [0.3, 0.4) is 0 Å². The second-order valence-electron chi connectivity index (χ2n) is 5.62. The van der Waals surface area contributed by atoms with Crippen LogP contribution >= 0.6 is 0 Å². The lowest BCUT2D eigenvalue weighted by molar-refractivity contribution is -0.150. The first kappa shape index (κ1) is 14.6. The zero-order valence-corrected chi connectivity index (χ0v) is 12.0. The molecule has 4 nitrogen and oxygen atoms in total. The van der Waals surface area contributed by atoms with Gasteiger partial charge in [0.25, 0.3) is 0 Å². The van der Waals surface area contributed by atoms with Crippen LogP contribution < -0.4 is 0 Å². The monoisotopic (exact) mass is 275 g/mol. The average molecular weight is 275 g/mol. The van der Waals surface area contributed by atoms with Gasteiger partial charge in [-0.1, -0.05) is 37.3 Å². The number of likely N-dealkylation sites (N-methyl/N-ethyl adjacent to an activating group) is 1. The summed E-state index contributed by atoms with van der Waals surface area (Å²) in [6.45, 7) is 1.90. The van der Waals surface area contributed by atoms with E-state index < -0.39 is 12.0 Å². The lowest BCUT2D eigenvalue weighted by Crippen LogP contribution is -2.46. The number of nitrogens with zero attached hydrogens (tertiary/aromatic N) is 1. The van der Waals surface area contributed by atoms with E-state index in [0.29, 0.717) is 12.3 Å². The number of carboxylic acids is 1. The highest BCUT2D eigenvalue weighted by molar-refractivity contribution is 5.85. The van der Waals surface area contributed by atoms with E-state index in [1.165, 1.54) is 4.90 Å². The molecule has 108 valence electrons. The van der Waals surface area contributed by atoms with Crippen molar-refractivity contribution in [1.82, 2.24) is 4.90 Å². The molecule has 2 rings (SSSR count). The van der Waals surface area contributed by atoms with Crippen LogP contribution in [-0.2, 0) is 16.0 Å². The third-order valence-electron chi connectivity index (χ3n) is 4.09. The molecule has 0 spiro atoms. The maximum atomic E-state index is 12.3. The lowest BCUT2D eigenvalue weighted by atomic mass is 10.0. The van der Waals surface area contributed by atoms with Gasteiger partial charge in [0, 0.05) is 19.4 Å². The Labute approximate surface area is 119 Å². The summed E-state index contributed by atoms with van der Waals surface area (Å²) in [4.78, 5) is 25.2. The molecule has 2 unspecified atom stereocenters. The Bertz CT molecular complexity index is 482. The molecule has 1 fully saturated rings. The molecule has 1 aromatic carbocycles. The molecule has 1 aliphatic carbocycles. The zero-order valence-electron chi connectivity index (χ0n) is 12.0. The van der Waals surface area contributed by atoms with Crippen LogP contribution in [0.5, 0.6) is 0 Å². The van der Waals surface area contributed by atoms with Gasteiger partial charge in [-0.15, -0.1) is 0 Å². The number of rotatable bonds is 6. The molecule has 0 heterocycles. The molecule has 0 saturated heterocycles. The molecule has 4 heteroatoms. The van der Waals surface area contributed by atoms with E-state index in [1.807, 2.05) is 37.3 Å². The van der Waals surface area contributed by atoms with Crippen molar-refractivity contribution in [2.24, 2.45) is 11.8 Å². The van der Waals surface area contributed by atoms with E-state index in [4.69, 9.17) is 0 Å². The minimum atomic E-state index is -0.951. The molecule has 1 N–H and O–H groups in total. The second-order valence-corrected chi connectivity index (χ2v) is 5.62. The van der Waals surface area contributed by atoms with E-state index in [0.717, 1.165) is 18.4 Å². The molecule has 1 saturated carbocycles. The summed E-state index contributed by atoms with van der Waals surface area (Å²) >= 11 is 0. The number of carboxylic acid groups (broad SMARTS) is 1. The smallest absolute Gasteiger partial charge is 0.326 e. The fourth-order valence-corrected chi connectivity index (χ4v) is 2.50. The molecule has 0 aliphatic heterocycles. The van der Waals surface area contributed by atoms with Crippen LogP contribution in [0.25, 0.3) is 0 Å². The molecule has 1 aromatic rings. The number of carbonyl (C=O) groups excluding carboxylic acids is 1. The average Bonchev–Trinajstić information content (AvgIpc) is 3.28. The van der Waals surface area contributed by atoms with Crippen molar-refractivity contribution < 1.29 is 14.7 Å². The van der Waals surface area contributed by atoms with Crippen LogP contribution in [0.2, 0.25) is 0 Å². The Morgan fingerprint density at radius 1 is 1.30 bits per heavy atom. The summed E-state index contributed by atoms with van der Waals surface area (Å²) in [5.41, 5.74) is 0.929. The number of amides is 1. The van der Waals surface area contributed by atoms with Gasteiger partial charge in [0.1, 0.15) is 6.04 Å². The number of benzene rings is 1. The van der Waals surface area contributed by atoms with Gasteiger partial charge in [0.15, 0.2) is 0 Å². The van der Waals surface area contributed by atoms with Crippen molar-refractivity contribution in [3.63, 3.8) is 0 Å². The van der Waals surface area contributed by atoms with Gasteiger partial charge in [-0.05, 0) is 24.3 Å². The van der Waals surface area contributed by atoms with Crippen molar-refractivity contribution in [3.05, 3.63) is 35.9 Å². The standard InChI is InChI=1S/C16H21NO3/c1-11(13-8-9-13)15(18)17(2)14(16(19)20)10-12-6-4-3-5-7-12/h3-7,11,13-14H,8-10H2,1-2H3,(H,19,20). The SMILES string of the molecule is CC(C(=O)N(C)C(Cc1ccccc1)C(=O)O)C1CC1. The number of carbonyl (C=O) groups is 2. The zero-order chi connectivity index (χ0) is 14.7. The highest BCUT2D eigenvalue weighted by atomic mass is 16.4. The largest absolute Gasteiger partial charge is 0.480 e. The maximum Gasteiger partial charge on any atom is 0.326 e. The molecule has 0 aromatic heterocycles. The van der Waals surface area contributed by atoms with Crippen molar-refractivity contribution in [2.45, 2.75) is 32.2 Å². The summed E-state index contributed by atoms with van der Waals surface area (Å²) < 4.78 is 0. The highest BCUT2D eigenvalue weighted by Crippen LogP contribution is 2.37. The van der Waals surface area contributed by atoms with Gasteiger partial charge in [0.2, 0.25) is 5.91 Å². The fourth-order valence-electron chi connectivity index (χ4n) is 2.50. The minimum Gasteiger partial charge on any atom is -0.480 e. The summed E-state index contributed by atoms with van der Waals surface area (Å²) in [7, 11) is 1.60. The quantitative estimate of drug-likeness (QED) is 0.865. The second kappa shape index (κ2) is 6.07. The minimum absolute atomic E-state index is 0.0594. The summed E-state index contributed by atoms with van der Waals surface area (Å²) in [6.07, 6.45) is 2.50. The molecule has 0 radical (unpaired) electrons. The number of aliphatic carboxylic acids is 1. The molecule has 1 aliphatic rings. The van der Waals surface area contributed by atoms with E-state index >= 15 is 0 Å². The Morgan fingerprint density at radius 3 is 2.40 bits per heavy atom. The number of hydrogen-bond acceptors (Lipinski definition) is 2. The normalized spacial score (nSPS) is 17.3. The van der Waals surface area contributed by atoms with E-state index in [1.54, 1.807) is 7.05 Å². The predicted molar refractivity (Wildman–Crippen MR) is 76.2 cm³/mol. The Balaban J connectivity index is 2.07. The van der Waals surface area contributed by atoms with Gasteiger partial charge in [-0.3, -0.25) is 4.79 Å². The molecule has 0 bridgehead atoms.